The number of ether oxygens (including phenoxy) is 3. The van der Waals surface area contributed by atoms with Crippen molar-refractivity contribution in [3.63, 3.8) is 0 Å². The van der Waals surface area contributed by atoms with Gasteiger partial charge in [-0.2, -0.15) is 0 Å². The second-order valence-electron chi connectivity index (χ2n) is 3.36. The minimum atomic E-state index is -0.169. The van der Waals surface area contributed by atoms with Gasteiger partial charge in [-0.3, -0.25) is 4.79 Å². The van der Waals surface area contributed by atoms with Crippen LogP contribution in [0.15, 0.2) is 18.2 Å². The number of benzene rings is 1. The predicted molar refractivity (Wildman–Crippen MR) is 63.3 cm³/mol. The van der Waals surface area contributed by atoms with Crippen LogP contribution in [-0.2, 0) is 16.1 Å². The van der Waals surface area contributed by atoms with Crippen molar-refractivity contribution < 1.29 is 19.0 Å². The molecule has 0 radical (unpaired) electrons. The van der Waals surface area contributed by atoms with Gasteiger partial charge >= 0.3 is 0 Å². The van der Waals surface area contributed by atoms with E-state index in [2.05, 4.69) is 5.32 Å². The molecule has 5 heteroatoms. The zero-order valence-electron chi connectivity index (χ0n) is 10.3. The van der Waals surface area contributed by atoms with Gasteiger partial charge in [0.1, 0.15) is 6.61 Å². The number of methoxy groups -OCH3 is 3. The largest absolute Gasteiger partial charge is 0.493 e. The molecule has 0 aliphatic carbocycles. The highest BCUT2D eigenvalue weighted by molar-refractivity contribution is 5.77. The maximum Gasteiger partial charge on any atom is 0.246 e. The van der Waals surface area contributed by atoms with E-state index in [0.717, 1.165) is 5.56 Å². The Morgan fingerprint density at radius 1 is 1.24 bits per heavy atom. The van der Waals surface area contributed by atoms with Crippen LogP contribution in [0.1, 0.15) is 5.56 Å². The fourth-order valence-corrected chi connectivity index (χ4v) is 1.47. The molecule has 0 heterocycles. The van der Waals surface area contributed by atoms with Crippen molar-refractivity contribution in [2.75, 3.05) is 27.9 Å². The molecule has 0 bridgehead atoms. The lowest BCUT2D eigenvalue weighted by molar-refractivity contribution is -0.124. The quantitative estimate of drug-likeness (QED) is 0.803. The molecule has 0 aromatic heterocycles. The van der Waals surface area contributed by atoms with E-state index in [1.807, 2.05) is 12.1 Å². The molecule has 1 N–H and O–H groups in total. The molecule has 94 valence electrons. The maximum atomic E-state index is 11.3. The highest BCUT2D eigenvalue weighted by atomic mass is 16.5. The zero-order chi connectivity index (χ0) is 12.7. The van der Waals surface area contributed by atoms with Crippen molar-refractivity contribution in [1.29, 1.82) is 0 Å². The summed E-state index contributed by atoms with van der Waals surface area (Å²) in [6, 6.07) is 5.52. The Kier molecular flexibility index (Phi) is 5.29. The van der Waals surface area contributed by atoms with Gasteiger partial charge in [-0.1, -0.05) is 12.1 Å². The van der Waals surface area contributed by atoms with Gasteiger partial charge in [-0.05, 0) is 6.07 Å². The van der Waals surface area contributed by atoms with Gasteiger partial charge < -0.3 is 19.5 Å². The van der Waals surface area contributed by atoms with Gasteiger partial charge in [0, 0.05) is 19.2 Å². The van der Waals surface area contributed by atoms with Crippen LogP contribution in [0.4, 0.5) is 0 Å². The summed E-state index contributed by atoms with van der Waals surface area (Å²) in [5.74, 6) is 1.11. The van der Waals surface area contributed by atoms with Gasteiger partial charge in [0.15, 0.2) is 11.5 Å². The van der Waals surface area contributed by atoms with E-state index in [1.54, 1.807) is 20.3 Å². The van der Waals surface area contributed by atoms with E-state index >= 15 is 0 Å². The second kappa shape index (κ2) is 6.75. The van der Waals surface area contributed by atoms with Crippen LogP contribution in [0.3, 0.4) is 0 Å². The highest BCUT2D eigenvalue weighted by Crippen LogP contribution is 2.30. The number of rotatable bonds is 6. The zero-order valence-corrected chi connectivity index (χ0v) is 10.3. The molecular weight excluding hydrogens is 222 g/mol. The summed E-state index contributed by atoms with van der Waals surface area (Å²) >= 11 is 0. The van der Waals surface area contributed by atoms with E-state index < -0.39 is 0 Å². The van der Waals surface area contributed by atoms with Crippen molar-refractivity contribution in [3.8, 4) is 11.5 Å². The lowest BCUT2D eigenvalue weighted by Crippen LogP contribution is -2.26. The molecule has 0 spiro atoms. The van der Waals surface area contributed by atoms with Crippen molar-refractivity contribution in [3.05, 3.63) is 23.8 Å². The Morgan fingerprint density at radius 2 is 2.00 bits per heavy atom. The highest BCUT2D eigenvalue weighted by Gasteiger charge is 2.10. The van der Waals surface area contributed by atoms with E-state index in [-0.39, 0.29) is 12.5 Å². The second-order valence-corrected chi connectivity index (χ2v) is 3.36. The number of hydrogen-bond acceptors (Lipinski definition) is 4. The van der Waals surface area contributed by atoms with Crippen molar-refractivity contribution in [2.24, 2.45) is 0 Å². The Labute approximate surface area is 101 Å². The Hall–Kier alpha value is -1.75. The first kappa shape index (κ1) is 13.3. The lowest BCUT2D eigenvalue weighted by atomic mass is 10.2. The van der Waals surface area contributed by atoms with Crippen LogP contribution in [0.5, 0.6) is 11.5 Å². The van der Waals surface area contributed by atoms with Crippen molar-refractivity contribution >= 4 is 5.91 Å². The van der Waals surface area contributed by atoms with Gasteiger partial charge in [0.25, 0.3) is 0 Å². The number of para-hydroxylation sites is 1. The maximum absolute atomic E-state index is 11.3. The Morgan fingerprint density at radius 3 is 2.59 bits per heavy atom. The molecule has 0 saturated carbocycles. The van der Waals surface area contributed by atoms with Gasteiger partial charge in [0.2, 0.25) is 5.91 Å². The summed E-state index contributed by atoms with van der Waals surface area (Å²) in [5, 5.41) is 2.73. The molecule has 1 amide bonds. The molecular formula is C12H17NO4. The average molecular weight is 239 g/mol. The monoisotopic (exact) mass is 239 g/mol. The van der Waals surface area contributed by atoms with Crippen LogP contribution in [-0.4, -0.2) is 33.8 Å². The van der Waals surface area contributed by atoms with E-state index in [1.165, 1.54) is 7.11 Å². The van der Waals surface area contributed by atoms with E-state index in [0.29, 0.717) is 18.0 Å². The van der Waals surface area contributed by atoms with Crippen LogP contribution >= 0.6 is 0 Å². The van der Waals surface area contributed by atoms with Gasteiger partial charge in [0.05, 0.1) is 14.2 Å². The average Bonchev–Trinajstić information content (AvgIpc) is 2.36. The summed E-state index contributed by atoms with van der Waals surface area (Å²) in [4.78, 5) is 11.3. The summed E-state index contributed by atoms with van der Waals surface area (Å²) in [7, 11) is 4.62. The Balaban J connectivity index is 2.73. The molecule has 0 saturated heterocycles. The smallest absolute Gasteiger partial charge is 0.246 e. The molecule has 17 heavy (non-hydrogen) atoms. The van der Waals surface area contributed by atoms with Gasteiger partial charge in [-0.15, -0.1) is 0 Å². The Bertz CT molecular complexity index is 379. The van der Waals surface area contributed by atoms with Crippen molar-refractivity contribution in [1.82, 2.24) is 5.32 Å². The third kappa shape index (κ3) is 3.64. The molecule has 1 aromatic carbocycles. The fraction of sp³-hybridized carbons (Fsp3) is 0.417. The molecule has 0 unspecified atom stereocenters. The lowest BCUT2D eigenvalue weighted by Gasteiger charge is -2.12. The third-order valence-corrected chi connectivity index (χ3v) is 2.24. The van der Waals surface area contributed by atoms with Crippen LogP contribution in [0.25, 0.3) is 0 Å². The predicted octanol–water partition coefficient (Wildman–Crippen LogP) is 0.966. The number of nitrogens with one attached hydrogen (secondary N) is 1. The number of carbonyl (C=O) groups excluding carboxylic acids is 1. The number of amides is 1. The molecule has 1 aromatic rings. The molecule has 1 rings (SSSR count). The van der Waals surface area contributed by atoms with Crippen LogP contribution < -0.4 is 14.8 Å². The first-order valence-corrected chi connectivity index (χ1v) is 5.18. The topological polar surface area (TPSA) is 56.8 Å². The SMILES string of the molecule is COCC(=O)NCc1cccc(OC)c1OC. The molecule has 0 aliphatic heterocycles. The summed E-state index contributed by atoms with van der Waals surface area (Å²) < 4.78 is 15.1. The van der Waals surface area contributed by atoms with Crippen LogP contribution in [0, 0.1) is 0 Å². The standard InChI is InChI=1S/C12H17NO4/c1-15-8-11(14)13-7-9-5-4-6-10(16-2)12(9)17-3/h4-6H,7-8H2,1-3H3,(H,13,14). The fourth-order valence-electron chi connectivity index (χ4n) is 1.47. The van der Waals surface area contributed by atoms with E-state index in [4.69, 9.17) is 14.2 Å². The number of carbonyl (C=O) groups is 1. The minimum absolute atomic E-state index is 0.0479. The number of hydrogen-bond donors (Lipinski definition) is 1. The molecule has 0 fully saturated rings. The normalized spacial score (nSPS) is 9.82. The van der Waals surface area contributed by atoms with Crippen molar-refractivity contribution in [2.45, 2.75) is 6.54 Å². The molecule has 5 nitrogen and oxygen atoms in total. The summed E-state index contributed by atoms with van der Waals surface area (Å²) in [6.07, 6.45) is 0. The van der Waals surface area contributed by atoms with Crippen LogP contribution in [0.2, 0.25) is 0 Å². The first-order chi connectivity index (χ1) is 8.22. The molecule has 0 atom stereocenters. The summed E-state index contributed by atoms with van der Waals surface area (Å²) in [5.41, 5.74) is 0.858. The first-order valence-electron chi connectivity index (χ1n) is 5.18. The van der Waals surface area contributed by atoms with Gasteiger partial charge in [-0.25, -0.2) is 0 Å². The minimum Gasteiger partial charge on any atom is -0.493 e. The van der Waals surface area contributed by atoms with E-state index in [9.17, 15) is 4.79 Å². The third-order valence-electron chi connectivity index (χ3n) is 2.24. The summed E-state index contributed by atoms with van der Waals surface area (Å²) in [6.45, 7) is 0.425. The molecule has 0 aliphatic rings.